The van der Waals surface area contributed by atoms with Crippen LogP contribution in [0, 0.1) is 0 Å². The molecule has 1 rings (SSSR count). The standard InChI is InChI=1S/C11H16O3/c1-3-10-9(7-13)4-8(6-12)5-11(10)14-2/h4-5,12-13H,3,6-7H2,1-2H3. The summed E-state index contributed by atoms with van der Waals surface area (Å²) < 4.78 is 5.20. The molecule has 0 radical (unpaired) electrons. The molecule has 0 saturated carbocycles. The van der Waals surface area contributed by atoms with E-state index in [1.807, 2.05) is 6.92 Å². The monoisotopic (exact) mass is 196 g/mol. The van der Waals surface area contributed by atoms with Gasteiger partial charge in [-0.05, 0) is 29.2 Å². The highest BCUT2D eigenvalue weighted by atomic mass is 16.5. The van der Waals surface area contributed by atoms with Crippen molar-refractivity contribution >= 4 is 0 Å². The highest BCUT2D eigenvalue weighted by molar-refractivity contribution is 5.43. The van der Waals surface area contributed by atoms with Gasteiger partial charge < -0.3 is 14.9 Å². The zero-order valence-electron chi connectivity index (χ0n) is 8.58. The van der Waals surface area contributed by atoms with Crippen LogP contribution in [0.25, 0.3) is 0 Å². The summed E-state index contributed by atoms with van der Waals surface area (Å²) in [6.45, 7) is 1.95. The van der Waals surface area contributed by atoms with Crippen molar-refractivity contribution in [3.05, 3.63) is 28.8 Å². The van der Waals surface area contributed by atoms with Crippen molar-refractivity contribution in [2.75, 3.05) is 7.11 Å². The van der Waals surface area contributed by atoms with E-state index < -0.39 is 0 Å². The Hall–Kier alpha value is -1.06. The normalized spacial score (nSPS) is 10.3. The minimum atomic E-state index is -0.0344. The van der Waals surface area contributed by atoms with E-state index in [-0.39, 0.29) is 13.2 Å². The van der Waals surface area contributed by atoms with Gasteiger partial charge in [-0.2, -0.15) is 0 Å². The molecular weight excluding hydrogens is 180 g/mol. The maximum Gasteiger partial charge on any atom is 0.122 e. The van der Waals surface area contributed by atoms with Crippen LogP contribution in [0.1, 0.15) is 23.6 Å². The molecule has 0 fully saturated rings. The largest absolute Gasteiger partial charge is 0.496 e. The first-order chi connectivity index (χ1) is 6.76. The van der Waals surface area contributed by atoms with Gasteiger partial charge in [0.15, 0.2) is 0 Å². The first-order valence-electron chi connectivity index (χ1n) is 4.67. The van der Waals surface area contributed by atoms with E-state index in [9.17, 15) is 0 Å². The van der Waals surface area contributed by atoms with Crippen molar-refractivity contribution in [1.82, 2.24) is 0 Å². The fourth-order valence-corrected chi connectivity index (χ4v) is 1.58. The summed E-state index contributed by atoms with van der Waals surface area (Å²) in [5, 5.41) is 18.2. The summed E-state index contributed by atoms with van der Waals surface area (Å²) >= 11 is 0. The fraction of sp³-hybridized carbons (Fsp3) is 0.455. The van der Waals surface area contributed by atoms with Crippen LogP contribution in [0.2, 0.25) is 0 Å². The Balaban J connectivity index is 3.24. The molecular formula is C11H16O3. The van der Waals surface area contributed by atoms with Gasteiger partial charge in [-0.1, -0.05) is 13.0 Å². The highest BCUT2D eigenvalue weighted by Gasteiger charge is 2.08. The van der Waals surface area contributed by atoms with Gasteiger partial charge >= 0.3 is 0 Å². The summed E-state index contributed by atoms with van der Waals surface area (Å²) in [6.07, 6.45) is 0.810. The van der Waals surface area contributed by atoms with Gasteiger partial charge in [0.1, 0.15) is 5.75 Å². The minimum absolute atomic E-state index is 0.0205. The van der Waals surface area contributed by atoms with Crippen molar-refractivity contribution in [2.45, 2.75) is 26.6 Å². The van der Waals surface area contributed by atoms with Crippen molar-refractivity contribution in [3.8, 4) is 5.75 Å². The molecule has 0 heterocycles. The van der Waals surface area contributed by atoms with Gasteiger partial charge in [0, 0.05) is 0 Å². The van der Waals surface area contributed by atoms with E-state index in [2.05, 4.69) is 0 Å². The highest BCUT2D eigenvalue weighted by Crippen LogP contribution is 2.25. The van der Waals surface area contributed by atoms with E-state index >= 15 is 0 Å². The lowest BCUT2D eigenvalue weighted by atomic mass is 10.0. The van der Waals surface area contributed by atoms with Crippen LogP contribution in [0.5, 0.6) is 5.75 Å². The average molecular weight is 196 g/mol. The van der Waals surface area contributed by atoms with Crippen LogP contribution in [0.3, 0.4) is 0 Å². The van der Waals surface area contributed by atoms with E-state index in [1.54, 1.807) is 19.2 Å². The molecule has 1 aromatic rings. The van der Waals surface area contributed by atoms with Gasteiger partial charge in [0.2, 0.25) is 0 Å². The van der Waals surface area contributed by atoms with Crippen LogP contribution < -0.4 is 4.74 Å². The molecule has 0 aliphatic carbocycles. The summed E-state index contributed by atoms with van der Waals surface area (Å²) in [5.41, 5.74) is 2.60. The van der Waals surface area contributed by atoms with E-state index in [1.165, 1.54) is 0 Å². The maximum atomic E-state index is 9.15. The predicted octanol–water partition coefficient (Wildman–Crippen LogP) is 1.24. The maximum absolute atomic E-state index is 9.15. The molecule has 0 spiro atoms. The first kappa shape index (κ1) is 11.0. The summed E-state index contributed by atoms with van der Waals surface area (Å²) in [5.74, 6) is 0.739. The quantitative estimate of drug-likeness (QED) is 0.761. The second-order valence-electron chi connectivity index (χ2n) is 3.11. The molecule has 3 heteroatoms. The number of hydrogen-bond acceptors (Lipinski definition) is 3. The Morgan fingerprint density at radius 3 is 2.36 bits per heavy atom. The fourth-order valence-electron chi connectivity index (χ4n) is 1.58. The Kier molecular flexibility index (Phi) is 3.92. The van der Waals surface area contributed by atoms with Gasteiger partial charge in [0.25, 0.3) is 0 Å². The second-order valence-corrected chi connectivity index (χ2v) is 3.11. The predicted molar refractivity (Wildman–Crippen MR) is 54.2 cm³/mol. The molecule has 0 saturated heterocycles. The molecule has 0 bridgehead atoms. The lowest BCUT2D eigenvalue weighted by Gasteiger charge is -2.12. The SMILES string of the molecule is CCc1c(CO)cc(CO)cc1OC. The molecule has 3 nitrogen and oxygen atoms in total. The van der Waals surface area contributed by atoms with Gasteiger partial charge in [-0.3, -0.25) is 0 Å². The molecule has 0 atom stereocenters. The Morgan fingerprint density at radius 2 is 1.93 bits per heavy atom. The lowest BCUT2D eigenvalue weighted by Crippen LogP contribution is -2.00. The van der Waals surface area contributed by atoms with E-state index in [4.69, 9.17) is 14.9 Å². The summed E-state index contributed by atoms with van der Waals surface area (Å²) in [4.78, 5) is 0. The molecule has 14 heavy (non-hydrogen) atoms. The van der Waals surface area contributed by atoms with E-state index in [0.717, 1.165) is 28.9 Å². The molecule has 1 aromatic carbocycles. The van der Waals surface area contributed by atoms with Crippen LogP contribution in [0.4, 0.5) is 0 Å². The third kappa shape index (κ3) is 2.05. The summed E-state index contributed by atoms with van der Waals surface area (Å²) in [6, 6.07) is 3.61. The summed E-state index contributed by atoms with van der Waals surface area (Å²) in [7, 11) is 1.59. The average Bonchev–Trinajstić information content (AvgIpc) is 2.26. The van der Waals surface area contributed by atoms with Crippen LogP contribution >= 0.6 is 0 Å². The molecule has 0 unspecified atom stereocenters. The third-order valence-corrected chi connectivity index (χ3v) is 2.29. The Labute approximate surface area is 84.0 Å². The molecule has 0 aliphatic rings. The number of ether oxygens (including phenoxy) is 1. The van der Waals surface area contributed by atoms with Crippen LogP contribution in [-0.4, -0.2) is 17.3 Å². The Bertz CT molecular complexity index is 282. The topological polar surface area (TPSA) is 49.7 Å². The molecule has 78 valence electrons. The van der Waals surface area contributed by atoms with Crippen molar-refractivity contribution in [2.24, 2.45) is 0 Å². The van der Waals surface area contributed by atoms with E-state index in [0.29, 0.717) is 0 Å². The lowest BCUT2D eigenvalue weighted by molar-refractivity contribution is 0.272. The molecule has 0 aromatic heterocycles. The van der Waals surface area contributed by atoms with Crippen LogP contribution in [0.15, 0.2) is 12.1 Å². The molecule has 0 aliphatic heterocycles. The number of rotatable bonds is 4. The number of benzene rings is 1. The van der Waals surface area contributed by atoms with Gasteiger partial charge in [0.05, 0.1) is 20.3 Å². The first-order valence-corrected chi connectivity index (χ1v) is 4.67. The third-order valence-electron chi connectivity index (χ3n) is 2.29. The molecule has 2 N–H and O–H groups in total. The number of aliphatic hydroxyl groups excluding tert-OH is 2. The zero-order valence-corrected chi connectivity index (χ0v) is 8.58. The minimum Gasteiger partial charge on any atom is -0.496 e. The number of aliphatic hydroxyl groups is 2. The van der Waals surface area contributed by atoms with Crippen molar-refractivity contribution in [3.63, 3.8) is 0 Å². The zero-order chi connectivity index (χ0) is 10.6. The van der Waals surface area contributed by atoms with Gasteiger partial charge in [-0.25, -0.2) is 0 Å². The van der Waals surface area contributed by atoms with Gasteiger partial charge in [-0.15, -0.1) is 0 Å². The smallest absolute Gasteiger partial charge is 0.122 e. The molecule has 0 amide bonds. The number of hydrogen-bond donors (Lipinski definition) is 2. The Morgan fingerprint density at radius 1 is 1.21 bits per heavy atom. The number of methoxy groups -OCH3 is 1. The second kappa shape index (κ2) is 4.98. The van der Waals surface area contributed by atoms with Crippen LogP contribution in [-0.2, 0) is 19.6 Å². The van der Waals surface area contributed by atoms with Crippen molar-refractivity contribution in [1.29, 1.82) is 0 Å². The van der Waals surface area contributed by atoms with Crippen molar-refractivity contribution < 1.29 is 14.9 Å².